The summed E-state index contributed by atoms with van der Waals surface area (Å²) in [7, 11) is 0. The Kier molecular flexibility index (Phi) is 11.3. The van der Waals surface area contributed by atoms with Gasteiger partial charge in [0.25, 0.3) is 0 Å². The Bertz CT molecular complexity index is 631. The molecular formula is C21H35IN4O2. The van der Waals surface area contributed by atoms with Gasteiger partial charge in [-0.1, -0.05) is 25.1 Å². The Morgan fingerprint density at radius 3 is 2.64 bits per heavy atom. The number of carbonyl (C=O) groups is 1. The number of ether oxygens (including phenoxy) is 1. The zero-order valence-electron chi connectivity index (χ0n) is 17.6. The van der Waals surface area contributed by atoms with E-state index in [9.17, 15) is 4.79 Å². The van der Waals surface area contributed by atoms with Crippen molar-refractivity contribution in [3.8, 4) is 5.75 Å². The van der Waals surface area contributed by atoms with E-state index in [1.54, 1.807) is 0 Å². The highest BCUT2D eigenvalue weighted by molar-refractivity contribution is 14.0. The molecule has 1 fully saturated rings. The van der Waals surface area contributed by atoms with Gasteiger partial charge in [0, 0.05) is 45.1 Å². The van der Waals surface area contributed by atoms with E-state index in [-0.39, 0.29) is 35.9 Å². The highest BCUT2D eigenvalue weighted by Gasteiger charge is 2.25. The highest BCUT2D eigenvalue weighted by atomic mass is 127. The first kappa shape index (κ1) is 24.5. The monoisotopic (exact) mass is 502 g/mol. The smallest absolute Gasteiger partial charge is 0.222 e. The minimum atomic E-state index is 0. The van der Waals surface area contributed by atoms with Crippen LogP contribution in [0.2, 0.25) is 0 Å². The molecule has 0 radical (unpaired) electrons. The zero-order chi connectivity index (χ0) is 19.6. The summed E-state index contributed by atoms with van der Waals surface area (Å²) in [6, 6.07) is 6.46. The van der Waals surface area contributed by atoms with Crippen LogP contribution in [-0.4, -0.2) is 55.6 Å². The fourth-order valence-corrected chi connectivity index (χ4v) is 3.30. The van der Waals surface area contributed by atoms with Crippen LogP contribution in [0, 0.1) is 13.8 Å². The van der Waals surface area contributed by atoms with Crippen LogP contribution in [0.4, 0.5) is 0 Å². The van der Waals surface area contributed by atoms with E-state index in [4.69, 9.17) is 4.74 Å². The molecule has 158 valence electrons. The molecule has 7 heteroatoms. The maximum absolute atomic E-state index is 11.8. The van der Waals surface area contributed by atoms with Crippen LogP contribution in [0.5, 0.6) is 5.75 Å². The average Bonchev–Trinajstić information content (AvgIpc) is 3.11. The molecule has 2 N–H and O–H groups in total. The predicted octanol–water partition coefficient (Wildman–Crippen LogP) is 3.26. The fourth-order valence-electron chi connectivity index (χ4n) is 3.30. The van der Waals surface area contributed by atoms with Crippen molar-refractivity contribution < 1.29 is 9.53 Å². The molecule has 28 heavy (non-hydrogen) atoms. The zero-order valence-corrected chi connectivity index (χ0v) is 19.9. The van der Waals surface area contributed by atoms with Crippen LogP contribution in [-0.2, 0) is 4.79 Å². The molecule has 1 atom stereocenters. The topological polar surface area (TPSA) is 66.0 Å². The number of carbonyl (C=O) groups excluding carboxylic acids is 1. The van der Waals surface area contributed by atoms with Gasteiger partial charge in [0.2, 0.25) is 5.91 Å². The van der Waals surface area contributed by atoms with Gasteiger partial charge in [-0.05, 0) is 38.3 Å². The number of halogens is 1. The first-order valence-electron chi connectivity index (χ1n) is 10.1. The van der Waals surface area contributed by atoms with E-state index in [1.807, 2.05) is 11.8 Å². The number of nitrogens with one attached hydrogen (secondary N) is 2. The van der Waals surface area contributed by atoms with Crippen molar-refractivity contribution in [2.45, 2.75) is 53.0 Å². The van der Waals surface area contributed by atoms with Gasteiger partial charge in [-0.2, -0.15) is 0 Å². The molecule has 1 heterocycles. The number of para-hydroxylation sites is 1. The third-order valence-corrected chi connectivity index (χ3v) is 4.76. The molecule has 0 aromatic heterocycles. The van der Waals surface area contributed by atoms with E-state index in [2.05, 4.69) is 54.6 Å². The van der Waals surface area contributed by atoms with Gasteiger partial charge in [0.15, 0.2) is 5.96 Å². The van der Waals surface area contributed by atoms with Crippen molar-refractivity contribution in [2.24, 2.45) is 4.99 Å². The molecule has 2 rings (SSSR count). The maximum atomic E-state index is 11.8. The number of nitrogens with zero attached hydrogens (tertiary/aromatic N) is 2. The Labute approximate surface area is 186 Å². The summed E-state index contributed by atoms with van der Waals surface area (Å²) in [5, 5.41) is 6.75. The second-order valence-electron chi connectivity index (χ2n) is 7.01. The Balaban J connectivity index is 0.00000392. The average molecular weight is 502 g/mol. The van der Waals surface area contributed by atoms with Crippen LogP contribution in [0.25, 0.3) is 0 Å². The second kappa shape index (κ2) is 12.9. The number of benzene rings is 1. The van der Waals surface area contributed by atoms with E-state index in [1.165, 1.54) is 11.1 Å². The van der Waals surface area contributed by atoms with Crippen molar-refractivity contribution in [3.05, 3.63) is 29.3 Å². The minimum absolute atomic E-state index is 0. The summed E-state index contributed by atoms with van der Waals surface area (Å²) in [4.78, 5) is 18.4. The number of guanidine groups is 1. The molecule has 1 aliphatic rings. The van der Waals surface area contributed by atoms with Gasteiger partial charge < -0.3 is 20.3 Å². The van der Waals surface area contributed by atoms with E-state index < -0.39 is 0 Å². The van der Waals surface area contributed by atoms with Gasteiger partial charge in [-0.3, -0.25) is 9.79 Å². The SMILES string of the molecule is CCNC(=NCCCOc1c(C)cccc1C)NC1CCN(C(=O)CC)C1.I. The standard InChI is InChI=1S/C21H34N4O2.HI/c1-5-19(26)25-13-11-18(15-25)24-21(22-6-2)23-12-8-14-27-20-16(3)9-7-10-17(20)4;/h7,9-10,18H,5-6,8,11-15H2,1-4H3,(H2,22,23,24);1H. The van der Waals surface area contributed by atoms with Crippen molar-refractivity contribution >= 4 is 35.8 Å². The van der Waals surface area contributed by atoms with E-state index in [0.29, 0.717) is 19.6 Å². The molecule has 1 saturated heterocycles. The first-order valence-corrected chi connectivity index (χ1v) is 10.1. The molecule has 1 unspecified atom stereocenters. The third kappa shape index (κ3) is 7.48. The summed E-state index contributed by atoms with van der Waals surface area (Å²) < 4.78 is 5.94. The molecule has 1 aromatic carbocycles. The minimum Gasteiger partial charge on any atom is -0.493 e. The largest absolute Gasteiger partial charge is 0.493 e. The van der Waals surface area contributed by atoms with Crippen molar-refractivity contribution in [1.82, 2.24) is 15.5 Å². The summed E-state index contributed by atoms with van der Waals surface area (Å²) >= 11 is 0. The number of aliphatic imine (C=N–C) groups is 1. The van der Waals surface area contributed by atoms with Crippen LogP contribution in [0.3, 0.4) is 0 Å². The number of likely N-dealkylation sites (tertiary alicyclic amines) is 1. The number of rotatable bonds is 8. The number of hydrogen-bond donors (Lipinski definition) is 2. The van der Waals surface area contributed by atoms with Crippen LogP contribution in [0.1, 0.15) is 44.2 Å². The van der Waals surface area contributed by atoms with Crippen molar-refractivity contribution in [2.75, 3.05) is 32.8 Å². The lowest BCUT2D eigenvalue weighted by molar-refractivity contribution is -0.129. The molecule has 0 saturated carbocycles. The van der Waals surface area contributed by atoms with Crippen molar-refractivity contribution in [3.63, 3.8) is 0 Å². The highest BCUT2D eigenvalue weighted by Crippen LogP contribution is 2.22. The number of hydrogen-bond acceptors (Lipinski definition) is 3. The Morgan fingerprint density at radius 1 is 1.29 bits per heavy atom. The van der Waals surface area contributed by atoms with E-state index >= 15 is 0 Å². The summed E-state index contributed by atoms with van der Waals surface area (Å²) in [5.41, 5.74) is 2.34. The van der Waals surface area contributed by atoms with Crippen molar-refractivity contribution in [1.29, 1.82) is 0 Å². The van der Waals surface area contributed by atoms with Gasteiger partial charge in [-0.15, -0.1) is 24.0 Å². The van der Waals surface area contributed by atoms with Crippen LogP contribution >= 0.6 is 24.0 Å². The fraction of sp³-hybridized carbons (Fsp3) is 0.619. The molecule has 1 aliphatic heterocycles. The predicted molar refractivity (Wildman–Crippen MR) is 126 cm³/mol. The molecule has 1 amide bonds. The molecular weight excluding hydrogens is 467 g/mol. The molecule has 6 nitrogen and oxygen atoms in total. The van der Waals surface area contributed by atoms with Crippen LogP contribution in [0.15, 0.2) is 23.2 Å². The molecule has 0 aliphatic carbocycles. The number of amides is 1. The van der Waals surface area contributed by atoms with Crippen LogP contribution < -0.4 is 15.4 Å². The molecule has 0 spiro atoms. The lowest BCUT2D eigenvalue weighted by Gasteiger charge is -2.18. The second-order valence-corrected chi connectivity index (χ2v) is 7.01. The summed E-state index contributed by atoms with van der Waals surface area (Å²) in [6.07, 6.45) is 2.39. The molecule has 0 bridgehead atoms. The Hall–Kier alpha value is -1.51. The van der Waals surface area contributed by atoms with Gasteiger partial charge >= 0.3 is 0 Å². The van der Waals surface area contributed by atoms with Gasteiger partial charge in [0.1, 0.15) is 5.75 Å². The lowest BCUT2D eigenvalue weighted by Crippen LogP contribution is -2.45. The van der Waals surface area contributed by atoms with Gasteiger partial charge in [-0.25, -0.2) is 0 Å². The van der Waals surface area contributed by atoms with Gasteiger partial charge in [0.05, 0.1) is 6.61 Å². The summed E-state index contributed by atoms with van der Waals surface area (Å²) in [6.45, 7) is 11.9. The lowest BCUT2D eigenvalue weighted by atomic mass is 10.1. The van der Waals surface area contributed by atoms with E-state index in [0.717, 1.165) is 44.2 Å². The maximum Gasteiger partial charge on any atom is 0.222 e. The number of aryl methyl sites for hydroxylation is 2. The Morgan fingerprint density at radius 2 is 2.00 bits per heavy atom. The normalized spacial score (nSPS) is 16.5. The molecule has 1 aromatic rings. The third-order valence-electron chi connectivity index (χ3n) is 4.76. The summed E-state index contributed by atoms with van der Waals surface area (Å²) in [5.74, 6) is 2.03. The first-order chi connectivity index (χ1) is 13.0. The quantitative estimate of drug-likeness (QED) is 0.248.